The Bertz CT molecular complexity index is 745. The van der Waals surface area contributed by atoms with Crippen molar-refractivity contribution in [3.05, 3.63) is 53.6 Å². The Morgan fingerprint density at radius 3 is 2.38 bits per heavy atom. The molecule has 2 aromatic rings. The molecule has 1 amide bonds. The fourth-order valence-corrected chi connectivity index (χ4v) is 3.13. The molecule has 0 N–H and O–H groups in total. The summed E-state index contributed by atoms with van der Waals surface area (Å²) in [5.74, 6) is 1.38. The number of benzene rings is 2. The first-order chi connectivity index (χ1) is 12.7. The zero-order valence-electron chi connectivity index (χ0n) is 14.9. The first kappa shape index (κ1) is 18.4. The molecule has 0 aliphatic carbocycles. The average molecular weight is 375 g/mol. The largest absolute Gasteiger partial charge is 0.494 e. The third-order valence-electron chi connectivity index (χ3n) is 4.28. The lowest BCUT2D eigenvalue weighted by Gasteiger charge is -2.36. The molecule has 1 fully saturated rings. The number of ether oxygens (including phenoxy) is 2. The van der Waals surface area contributed by atoms with Crippen molar-refractivity contribution in [3.8, 4) is 11.5 Å². The van der Waals surface area contributed by atoms with Crippen molar-refractivity contribution < 1.29 is 14.3 Å². The van der Waals surface area contributed by atoms with Crippen molar-refractivity contribution >= 4 is 23.2 Å². The second-order valence-electron chi connectivity index (χ2n) is 6.04. The van der Waals surface area contributed by atoms with Crippen LogP contribution in [0.2, 0.25) is 5.02 Å². The van der Waals surface area contributed by atoms with Crippen LogP contribution >= 0.6 is 11.6 Å². The summed E-state index contributed by atoms with van der Waals surface area (Å²) in [6.07, 6.45) is 0. The van der Waals surface area contributed by atoms with E-state index in [-0.39, 0.29) is 12.5 Å². The van der Waals surface area contributed by atoms with Crippen LogP contribution in [0.15, 0.2) is 48.5 Å². The van der Waals surface area contributed by atoms with Crippen LogP contribution in [-0.2, 0) is 4.79 Å². The maximum atomic E-state index is 12.4. The molecular formula is C20H23ClN2O3. The van der Waals surface area contributed by atoms with E-state index in [2.05, 4.69) is 4.90 Å². The van der Waals surface area contributed by atoms with Crippen molar-refractivity contribution in [1.29, 1.82) is 0 Å². The average Bonchev–Trinajstić information content (AvgIpc) is 2.67. The number of rotatable bonds is 6. The van der Waals surface area contributed by atoms with Crippen LogP contribution in [0.1, 0.15) is 6.92 Å². The molecular weight excluding hydrogens is 352 g/mol. The molecule has 6 heteroatoms. The van der Waals surface area contributed by atoms with Gasteiger partial charge in [0.15, 0.2) is 6.61 Å². The second-order valence-corrected chi connectivity index (χ2v) is 6.48. The van der Waals surface area contributed by atoms with Crippen LogP contribution in [0.25, 0.3) is 0 Å². The predicted molar refractivity (Wildman–Crippen MR) is 103 cm³/mol. The van der Waals surface area contributed by atoms with E-state index in [0.717, 1.165) is 29.5 Å². The zero-order chi connectivity index (χ0) is 18.4. The van der Waals surface area contributed by atoms with Crippen LogP contribution < -0.4 is 14.4 Å². The third-order valence-corrected chi connectivity index (χ3v) is 4.52. The molecule has 1 aliphatic rings. The Hall–Kier alpha value is -2.40. The van der Waals surface area contributed by atoms with Gasteiger partial charge in [0.25, 0.3) is 5.91 Å². The van der Waals surface area contributed by atoms with Crippen LogP contribution in [0.4, 0.5) is 5.69 Å². The summed E-state index contributed by atoms with van der Waals surface area (Å²) in [5, 5.41) is 0.726. The van der Waals surface area contributed by atoms with Crippen molar-refractivity contribution in [1.82, 2.24) is 4.90 Å². The van der Waals surface area contributed by atoms with Crippen LogP contribution in [0.5, 0.6) is 11.5 Å². The van der Waals surface area contributed by atoms with Gasteiger partial charge in [-0.05, 0) is 37.3 Å². The van der Waals surface area contributed by atoms with E-state index in [1.165, 1.54) is 0 Å². The molecule has 1 saturated heterocycles. The van der Waals surface area contributed by atoms with Gasteiger partial charge < -0.3 is 19.3 Å². The number of nitrogens with zero attached hydrogens (tertiary/aromatic N) is 2. The Kier molecular flexibility index (Phi) is 6.23. The first-order valence-corrected chi connectivity index (χ1v) is 9.17. The molecule has 1 heterocycles. The quantitative estimate of drug-likeness (QED) is 0.776. The molecule has 3 rings (SSSR count). The van der Waals surface area contributed by atoms with Gasteiger partial charge in [0.1, 0.15) is 11.5 Å². The SMILES string of the molecule is CCOc1cccc(OCC(=O)N2CCN(c3cccc(Cl)c3)CC2)c1. The molecule has 0 saturated carbocycles. The van der Waals surface area contributed by atoms with Gasteiger partial charge in [0.2, 0.25) is 0 Å². The standard InChI is InChI=1S/C20H23ClN2O3/c1-2-25-18-7-4-8-19(14-18)26-15-20(24)23-11-9-22(10-12-23)17-6-3-5-16(21)13-17/h3-8,13-14H,2,9-12,15H2,1H3. The summed E-state index contributed by atoms with van der Waals surface area (Å²) in [4.78, 5) is 16.5. The smallest absolute Gasteiger partial charge is 0.260 e. The molecule has 0 unspecified atom stereocenters. The second kappa shape index (κ2) is 8.81. The molecule has 2 aromatic carbocycles. The summed E-state index contributed by atoms with van der Waals surface area (Å²) in [6, 6.07) is 15.1. The normalized spacial score (nSPS) is 14.2. The maximum Gasteiger partial charge on any atom is 0.260 e. The van der Waals surface area contributed by atoms with Crippen molar-refractivity contribution in [2.45, 2.75) is 6.92 Å². The number of anilines is 1. The molecule has 26 heavy (non-hydrogen) atoms. The minimum absolute atomic E-state index is 0.00226. The first-order valence-electron chi connectivity index (χ1n) is 8.79. The summed E-state index contributed by atoms with van der Waals surface area (Å²) in [6.45, 7) is 5.48. The highest BCUT2D eigenvalue weighted by Crippen LogP contribution is 2.21. The Morgan fingerprint density at radius 2 is 1.69 bits per heavy atom. The Labute approximate surface area is 159 Å². The van der Waals surface area contributed by atoms with Gasteiger partial charge in [0, 0.05) is 43.0 Å². The molecule has 0 bridgehead atoms. The minimum atomic E-state index is -0.00226. The third kappa shape index (κ3) is 4.82. The molecule has 0 atom stereocenters. The fourth-order valence-electron chi connectivity index (χ4n) is 2.94. The van der Waals surface area contributed by atoms with E-state index in [0.29, 0.717) is 25.4 Å². The lowest BCUT2D eigenvalue weighted by atomic mass is 10.2. The number of carbonyl (C=O) groups excluding carboxylic acids is 1. The van der Waals surface area contributed by atoms with Gasteiger partial charge in [-0.15, -0.1) is 0 Å². The lowest BCUT2D eigenvalue weighted by Crippen LogP contribution is -2.50. The monoisotopic (exact) mass is 374 g/mol. The van der Waals surface area contributed by atoms with Gasteiger partial charge in [-0.25, -0.2) is 0 Å². The topological polar surface area (TPSA) is 42.0 Å². The van der Waals surface area contributed by atoms with Gasteiger partial charge in [-0.2, -0.15) is 0 Å². The van der Waals surface area contributed by atoms with E-state index in [9.17, 15) is 4.79 Å². The number of piperazine rings is 1. The number of hydrogen-bond acceptors (Lipinski definition) is 4. The Balaban J connectivity index is 1.48. The maximum absolute atomic E-state index is 12.4. The van der Waals surface area contributed by atoms with E-state index < -0.39 is 0 Å². The molecule has 0 aromatic heterocycles. The van der Waals surface area contributed by atoms with Crippen LogP contribution in [0.3, 0.4) is 0 Å². The number of halogens is 1. The number of carbonyl (C=O) groups is 1. The highest BCUT2D eigenvalue weighted by Gasteiger charge is 2.21. The van der Waals surface area contributed by atoms with Gasteiger partial charge >= 0.3 is 0 Å². The highest BCUT2D eigenvalue weighted by atomic mass is 35.5. The summed E-state index contributed by atoms with van der Waals surface area (Å²) in [7, 11) is 0. The van der Waals surface area contributed by atoms with Crippen LogP contribution in [-0.4, -0.2) is 50.2 Å². The number of amides is 1. The van der Waals surface area contributed by atoms with Gasteiger partial charge in [-0.3, -0.25) is 4.79 Å². The minimum Gasteiger partial charge on any atom is -0.494 e. The molecule has 138 valence electrons. The van der Waals surface area contributed by atoms with Gasteiger partial charge in [-0.1, -0.05) is 23.7 Å². The van der Waals surface area contributed by atoms with Crippen molar-refractivity contribution in [3.63, 3.8) is 0 Å². The van der Waals surface area contributed by atoms with Crippen molar-refractivity contribution in [2.75, 3.05) is 44.3 Å². The fraction of sp³-hybridized carbons (Fsp3) is 0.350. The summed E-state index contributed by atoms with van der Waals surface area (Å²) in [5.41, 5.74) is 1.09. The van der Waals surface area contributed by atoms with E-state index >= 15 is 0 Å². The van der Waals surface area contributed by atoms with E-state index in [1.807, 2.05) is 54.3 Å². The molecule has 5 nitrogen and oxygen atoms in total. The molecule has 1 aliphatic heterocycles. The Morgan fingerprint density at radius 1 is 1.00 bits per heavy atom. The van der Waals surface area contributed by atoms with E-state index in [1.54, 1.807) is 6.07 Å². The van der Waals surface area contributed by atoms with E-state index in [4.69, 9.17) is 21.1 Å². The lowest BCUT2D eigenvalue weighted by molar-refractivity contribution is -0.133. The summed E-state index contributed by atoms with van der Waals surface area (Å²) >= 11 is 6.06. The molecule has 0 radical (unpaired) electrons. The number of hydrogen-bond donors (Lipinski definition) is 0. The molecule has 0 spiro atoms. The highest BCUT2D eigenvalue weighted by molar-refractivity contribution is 6.30. The summed E-state index contributed by atoms with van der Waals surface area (Å²) < 4.78 is 11.1. The zero-order valence-corrected chi connectivity index (χ0v) is 15.6. The van der Waals surface area contributed by atoms with Crippen LogP contribution in [0, 0.1) is 0 Å². The van der Waals surface area contributed by atoms with Gasteiger partial charge in [0.05, 0.1) is 6.61 Å². The predicted octanol–water partition coefficient (Wildman–Crippen LogP) is 3.47. The van der Waals surface area contributed by atoms with Crippen molar-refractivity contribution in [2.24, 2.45) is 0 Å².